The first-order chi connectivity index (χ1) is 15.5. The highest BCUT2D eigenvalue weighted by molar-refractivity contribution is 8.00. The van der Waals surface area contributed by atoms with E-state index in [-0.39, 0.29) is 11.2 Å². The number of hydrogen-bond donors (Lipinski definition) is 1. The van der Waals surface area contributed by atoms with Crippen LogP contribution in [0.25, 0.3) is 5.69 Å². The van der Waals surface area contributed by atoms with Crippen LogP contribution in [0.3, 0.4) is 0 Å². The van der Waals surface area contributed by atoms with Gasteiger partial charge in [0, 0.05) is 19.6 Å². The third kappa shape index (κ3) is 5.14. The van der Waals surface area contributed by atoms with Crippen molar-refractivity contribution in [3.8, 4) is 5.69 Å². The van der Waals surface area contributed by atoms with Crippen LogP contribution in [0.5, 0.6) is 0 Å². The summed E-state index contributed by atoms with van der Waals surface area (Å²) in [5.41, 5.74) is 4.43. The normalized spacial score (nSPS) is 14.9. The van der Waals surface area contributed by atoms with E-state index < -0.39 is 0 Å². The maximum Gasteiger partial charge on any atom is 0.233 e. The Hall–Kier alpha value is -2.84. The molecular weight excluding hydrogens is 422 g/mol. The number of aryl methyl sites for hydroxylation is 2. The molecule has 0 aliphatic carbocycles. The van der Waals surface area contributed by atoms with Crippen molar-refractivity contribution < 1.29 is 9.53 Å². The number of hydrogen-bond acceptors (Lipinski definition) is 6. The van der Waals surface area contributed by atoms with Gasteiger partial charge in [0.1, 0.15) is 0 Å². The van der Waals surface area contributed by atoms with Crippen LogP contribution in [0.2, 0.25) is 0 Å². The number of morpholine rings is 1. The summed E-state index contributed by atoms with van der Waals surface area (Å²) in [6.45, 7) is 9.40. The number of ether oxygens (including phenoxy) is 1. The van der Waals surface area contributed by atoms with Gasteiger partial charge in [0.15, 0.2) is 5.16 Å². The van der Waals surface area contributed by atoms with Crippen molar-refractivity contribution in [2.75, 3.05) is 31.2 Å². The van der Waals surface area contributed by atoms with Crippen molar-refractivity contribution in [2.45, 2.75) is 37.7 Å². The van der Waals surface area contributed by atoms with E-state index >= 15 is 0 Å². The van der Waals surface area contributed by atoms with Crippen LogP contribution < -0.4 is 10.2 Å². The quantitative estimate of drug-likeness (QED) is 0.554. The fourth-order valence-corrected chi connectivity index (χ4v) is 4.46. The van der Waals surface area contributed by atoms with Crippen molar-refractivity contribution in [1.29, 1.82) is 0 Å². The van der Waals surface area contributed by atoms with Crippen molar-refractivity contribution in [3.63, 3.8) is 0 Å². The zero-order valence-electron chi connectivity index (χ0n) is 18.7. The van der Waals surface area contributed by atoms with E-state index in [0.29, 0.717) is 24.9 Å². The lowest BCUT2D eigenvalue weighted by Crippen LogP contribution is -2.38. The molecule has 32 heavy (non-hydrogen) atoms. The molecule has 1 saturated heterocycles. The maximum absolute atomic E-state index is 12.8. The lowest BCUT2D eigenvalue weighted by molar-refractivity contribution is -0.120. The van der Waals surface area contributed by atoms with Gasteiger partial charge in [-0.15, -0.1) is 10.2 Å². The summed E-state index contributed by atoms with van der Waals surface area (Å²) in [4.78, 5) is 15.0. The zero-order valence-corrected chi connectivity index (χ0v) is 19.6. The van der Waals surface area contributed by atoms with Crippen LogP contribution in [-0.2, 0) is 16.1 Å². The van der Waals surface area contributed by atoms with Crippen LogP contribution >= 0.6 is 11.8 Å². The van der Waals surface area contributed by atoms with E-state index in [4.69, 9.17) is 4.74 Å². The molecule has 7 nitrogen and oxygen atoms in total. The van der Waals surface area contributed by atoms with Crippen LogP contribution in [0, 0.1) is 13.8 Å². The van der Waals surface area contributed by atoms with Crippen molar-refractivity contribution in [1.82, 2.24) is 20.1 Å². The summed E-state index contributed by atoms with van der Waals surface area (Å²) in [5, 5.41) is 12.4. The molecule has 1 N–H and O–H groups in total. The third-order valence-electron chi connectivity index (χ3n) is 5.51. The van der Waals surface area contributed by atoms with Crippen molar-refractivity contribution in [3.05, 3.63) is 65.2 Å². The van der Waals surface area contributed by atoms with E-state index in [2.05, 4.69) is 63.1 Å². The van der Waals surface area contributed by atoms with Crippen LogP contribution in [0.15, 0.2) is 53.7 Å². The molecule has 2 heterocycles. The molecule has 168 valence electrons. The topological polar surface area (TPSA) is 72.3 Å². The van der Waals surface area contributed by atoms with Gasteiger partial charge in [-0.3, -0.25) is 9.36 Å². The third-order valence-corrected chi connectivity index (χ3v) is 6.55. The first-order valence-electron chi connectivity index (χ1n) is 10.9. The maximum atomic E-state index is 12.8. The molecule has 0 bridgehead atoms. The second-order valence-corrected chi connectivity index (χ2v) is 9.28. The molecule has 1 unspecified atom stereocenters. The summed E-state index contributed by atoms with van der Waals surface area (Å²) in [7, 11) is 0. The molecule has 0 spiro atoms. The SMILES string of the molecule is Cc1ccc(CNC(=O)C(C)Sc2nnc(N3CCOCC3)n2-c2ccccc2C)cc1. The Bertz CT molecular complexity index is 1060. The zero-order chi connectivity index (χ0) is 22.5. The summed E-state index contributed by atoms with van der Waals surface area (Å²) in [6.07, 6.45) is 0. The summed E-state index contributed by atoms with van der Waals surface area (Å²) in [5.74, 6) is 0.764. The average molecular weight is 452 g/mol. The molecule has 3 aromatic rings. The van der Waals surface area contributed by atoms with E-state index in [1.807, 2.05) is 31.2 Å². The lowest BCUT2D eigenvalue weighted by atomic mass is 10.1. The van der Waals surface area contributed by atoms with Crippen LogP contribution in [0.1, 0.15) is 23.6 Å². The molecule has 0 saturated carbocycles. The highest BCUT2D eigenvalue weighted by Crippen LogP contribution is 2.31. The molecule has 1 aromatic heterocycles. The van der Waals surface area contributed by atoms with Gasteiger partial charge >= 0.3 is 0 Å². The highest BCUT2D eigenvalue weighted by Gasteiger charge is 2.25. The van der Waals surface area contributed by atoms with Crippen molar-refractivity contribution >= 4 is 23.6 Å². The number of para-hydroxylation sites is 1. The summed E-state index contributed by atoms with van der Waals surface area (Å²) in [6, 6.07) is 16.4. The van der Waals surface area contributed by atoms with Gasteiger partial charge in [0.2, 0.25) is 11.9 Å². The Morgan fingerprint density at radius 1 is 1.09 bits per heavy atom. The van der Waals surface area contributed by atoms with Gasteiger partial charge in [0.25, 0.3) is 0 Å². The summed E-state index contributed by atoms with van der Waals surface area (Å²) >= 11 is 1.42. The highest BCUT2D eigenvalue weighted by atomic mass is 32.2. The number of anilines is 1. The van der Waals surface area contributed by atoms with Gasteiger partial charge in [-0.25, -0.2) is 0 Å². The van der Waals surface area contributed by atoms with Gasteiger partial charge in [-0.2, -0.15) is 0 Å². The summed E-state index contributed by atoms with van der Waals surface area (Å²) < 4.78 is 7.57. The molecule has 1 amide bonds. The number of aromatic nitrogens is 3. The first kappa shape index (κ1) is 22.4. The number of benzene rings is 2. The number of nitrogens with zero attached hydrogens (tertiary/aromatic N) is 4. The van der Waals surface area contributed by atoms with E-state index in [1.165, 1.54) is 17.3 Å². The van der Waals surface area contributed by atoms with Gasteiger partial charge in [-0.1, -0.05) is 59.8 Å². The minimum Gasteiger partial charge on any atom is -0.378 e. The second-order valence-electron chi connectivity index (χ2n) is 7.97. The molecule has 1 aliphatic rings. The van der Waals surface area contributed by atoms with E-state index in [1.54, 1.807) is 0 Å². The Balaban J connectivity index is 1.53. The van der Waals surface area contributed by atoms with Crippen molar-refractivity contribution in [2.24, 2.45) is 0 Å². The monoisotopic (exact) mass is 451 g/mol. The molecule has 0 radical (unpaired) electrons. The largest absolute Gasteiger partial charge is 0.378 e. The number of amides is 1. The second kappa shape index (κ2) is 10.2. The molecule has 1 fully saturated rings. The predicted molar refractivity (Wildman–Crippen MR) is 127 cm³/mol. The molecular formula is C24H29N5O2S. The molecule has 1 atom stereocenters. The smallest absolute Gasteiger partial charge is 0.233 e. The molecule has 8 heteroatoms. The fourth-order valence-electron chi connectivity index (χ4n) is 3.58. The molecule has 2 aromatic carbocycles. The number of carbonyl (C=O) groups is 1. The Morgan fingerprint density at radius 2 is 1.81 bits per heavy atom. The lowest BCUT2D eigenvalue weighted by Gasteiger charge is -2.28. The first-order valence-corrected chi connectivity index (χ1v) is 11.7. The standard InChI is InChI=1S/C24H29N5O2S/c1-17-8-10-20(11-9-17)16-25-22(30)19(3)32-24-27-26-23(28-12-14-31-15-13-28)29(24)21-7-5-4-6-18(21)2/h4-11,19H,12-16H2,1-3H3,(H,25,30). The van der Waals surface area contributed by atoms with Crippen LogP contribution in [0.4, 0.5) is 5.95 Å². The van der Waals surface area contributed by atoms with Gasteiger partial charge < -0.3 is 15.0 Å². The fraction of sp³-hybridized carbons (Fsp3) is 0.375. The van der Waals surface area contributed by atoms with Gasteiger partial charge in [0.05, 0.1) is 24.2 Å². The Labute approximate surface area is 193 Å². The number of rotatable bonds is 7. The molecule has 1 aliphatic heterocycles. The minimum absolute atomic E-state index is 0.0252. The number of thioether (sulfide) groups is 1. The Kier molecular flexibility index (Phi) is 7.12. The predicted octanol–water partition coefficient (Wildman–Crippen LogP) is 3.52. The van der Waals surface area contributed by atoms with E-state index in [9.17, 15) is 4.79 Å². The minimum atomic E-state index is -0.315. The van der Waals surface area contributed by atoms with Gasteiger partial charge in [-0.05, 0) is 38.0 Å². The van der Waals surface area contributed by atoms with Crippen LogP contribution in [-0.4, -0.2) is 52.2 Å². The number of carbonyl (C=O) groups excluding carboxylic acids is 1. The Morgan fingerprint density at radius 3 is 2.53 bits per heavy atom. The van der Waals surface area contributed by atoms with E-state index in [0.717, 1.165) is 35.9 Å². The number of nitrogens with one attached hydrogen (secondary N) is 1. The average Bonchev–Trinajstić information content (AvgIpc) is 3.22. The molecule has 4 rings (SSSR count).